The number of amides is 1. The van der Waals surface area contributed by atoms with Crippen molar-refractivity contribution in [2.45, 2.75) is 31.1 Å². The van der Waals surface area contributed by atoms with E-state index >= 15 is 0 Å². The number of halogens is 1. The van der Waals surface area contributed by atoms with Crippen LogP contribution in [0.15, 0.2) is 12.1 Å². The number of methoxy groups -OCH3 is 1. The number of ketones is 1. The molecule has 1 N–H and O–H groups in total. The van der Waals surface area contributed by atoms with E-state index in [0.717, 1.165) is 0 Å². The van der Waals surface area contributed by atoms with Crippen LogP contribution in [0.3, 0.4) is 0 Å². The van der Waals surface area contributed by atoms with Crippen LogP contribution in [0.5, 0.6) is 0 Å². The summed E-state index contributed by atoms with van der Waals surface area (Å²) in [4.78, 5) is 35.4. The van der Waals surface area contributed by atoms with E-state index in [4.69, 9.17) is 0 Å². The van der Waals surface area contributed by atoms with Gasteiger partial charge in [0.1, 0.15) is 11.6 Å². The van der Waals surface area contributed by atoms with Crippen LogP contribution in [0.4, 0.5) is 10.1 Å². The van der Waals surface area contributed by atoms with Crippen LogP contribution in [0.2, 0.25) is 0 Å². The van der Waals surface area contributed by atoms with Gasteiger partial charge in [-0.25, -0.2) is 9.18 Å². The summed E-state index contributed by atoms with van der Waals surface area (Å²) >= 11 is 0. The standard InChI is InChI=1S/C15H14FNO4/c1-21-13(19)9-2-3-10-11(12(9)16)15(14(20)17-10)6-4-8(18)5-7-15/h2-3H,4-7H2,1H3,(H,17,20). The fourth-order valence-electron chi connectivity index (χ4n) is 3.20. The molecule has 0 aromatic heterocycles. The molecule has 21 heavy (non-hydrogen) atoms. The third-order valence-electron chi connectivity index (χ3n) is 4.37. The first-order valence-corrected chi connectivity index (χ1v) is 6.74. The molecule has 6 heteroatoms. The SMILES string of the molecule is COC(=O)c1ccc2c(c1F)C1(CCC(=O)CC1)C(=O)N2. The molecule has 1 aromatic rings. The second-order valence-electron chi connectivity index (χ2n) is 5.42. The number of anilines is 1. The Bertz CT molecular complexity index is 658. The second-order valence-corrected chi connectivity index (χ2v) is 5.42. The minimum atomic E-state index is -1.04. The van der Waals surface area contributed by atoms with E-state index in [1.165, 1.54) is 19.2 Å². The van der Waals surface area contributed by atoms with Crippen molar-refractivity contribution < 1.29 is 23.5 Å². The molecular formula is C15H14FNO4. The summed E-state index contributed by atoms with van der Waals surface area (Å²) < 4.78 is 19.3. The number of rotatable bonds is 1. The molecule has 2 aliphatic rings. The Kier molecular flexibility index (Phi) is 3.04. The lowest BCUT2D eigenvalue weighted by Crippen LogP contribution is -2.39. The Morgan fingerprint density at radius 2 is 1.95 bits per heavy atom. The van der Waals surface area contributed by atoms with Gasteiger partial charge in [0.05, 0.1) is 18.1 Å². The van der Waals surface area contributed by atoms with Gasteiger partial charge >= 0.3 is 5.97 Å². The van der Waals surface area contributed by atoms with Crippen LogP contribution in [-0.4, -0.2) is 24.8 Å². The number of Topliss-reactive ketones (excluding diaryl/α,β-unsaturated/α-hetero) is 1. The fourth-order valence-corrected chi connectivity index (χ4v) is 3.20. The minimum absolute atomic E-state index is 0.0754. The number of hydrogen-bond acceptors (Lipinski definition) is 4. The molecule has 1 heterocycles. The predicted molar refractivity (Wildman–Crippen MR) is 71.5 cm³/mol. The molecule has 110 valence electrons. The molecule has 1 spiro atoms. The number of esters is 1. The van der Waals surface area contributed by atoms with Gasteiger partial charge in [-0.1, -0.05) is 0 Å². The highest BCUT2D eigenvalue weighted by atomic mass is 19.1. The number of ether oxygens (including phenoxy) is 1. The third-order valence-corrected chi connectivity index (χ3v) is 4.37. The first kappa shape index (κ1) is 13.7. The first-order chi connectivity index (χ1) is 9.99. The molecule has 1 amide bonds. The molecule has 1 aromatic carbocycles. The molecule has 0 saturated heterocycles. The smallest absolute Gasteiger partial charge is 0.340 e. The van der Waals surface area contributed by atoms with Crippen molar-refractivity contribution >= 4 is 23.3 Å². The number of nitrogens with one attached hydrogen (secondary N) is 1. The quantitative estimate of drug-likeness (QED) is 0.803. The minimum Gasteiger partial charge on any atom is -0.465 e. The summed E-state index contributed by atoms with van der Waals surface area (Å²) in [7, 11) is 1.17. The van der Waals surface area contributed by atoms with Crippen molar-refractivity contribution in [3.63, 3.8) is 0 Å². The summed E-state index contributed by atoms with van der Waals surface area (Å²) in [6.45, 7) is 0. The number of carbonyl (C=O) groups excluding carboxylic acids is 3. The fraction of sp³-hybridized carbons (Fsp3) is 0.400. The topological polar surface area (TPSA) is 72.5 Å². The lowest BCUT2D eigenvalue weighted by Gasteiger charge is -2.31. The molecule has 0 radical (unpaired) electrons. The van der Waals surface area contributed by atoms with Crippen molar-refractivity contribution in [1.29, 1.82) is 0 Å². The lowest BCUT2D eigenvalue weighted by atomic mass is 9.69. The lowest BCUT2D eigenvalue weighted by molar-refractivity contribution is -0.126. The second kappa shape index (κ2) is 4.65. The van der Waals surface area contributed by atoms with Crippen LogP contribution in [0, 0.1) is 5.82 Å². The van der Waals surface area contributed by atoms with Crippen molar-refractivity contribution in [3.8, 4) is 0 Å². The van der Waals surface area contributed by atoms with Gasteiger partial charge in [-0.05, 0) is 25.0 Å². The van der Waals surface area contributed by atoms with Gasteiger partial charge in [-0.2, -0.15) is 0 Å². The molecule has 5 nitrogen and oxygen atoms in total. The summed E-state index contributed by atoms with van der Waals surface area (Å²) in [6.07, 6.45) is 1.03. The molecular weight excluding hydrogens is 277 g/mol. The van der Waals surface area contributed by atoms with E-state index in [1.54, 1.807) is 0 Å². The van der Waals surface area contributed by atoms with Crippen molar-refractivity contribution in [2.24, 2.45) is 0 Å². The zero-order valence-corrected chi connectivity index (χ0v) is 11.5. The number of carbonyl (C=O) groups is 3. The molecule has 1 aliphatic carbocycles. The maximum Gasteiger partial charge on any atom is 0.340 e. The van der Waals surface area contributed by atoms with Crippen molar-refractivity contribution in [1.82, 2.24) is 0 Å². The van der Waals surface area contributed by atoms with Crippen LogP contribution in [-0.2, 0) is 19.7 Å². The molecule has 3 rings (SSSR count). The summed E-state index contributed by atoms with van der Waals surface area (Å²) in [5, 5.41) is 2.66. The van der Waals surface area contributed by atoms with Crippen LogP contribution >= 0.6 is 0 Å². The van der Waals surface area contributed by atoms with Gasteiger partial charge in [0.15, 0.2) is 0 Å². The third kappa shape index (κ3) is 1.86. The van der Waals surface area contributed by atoms with Gasteiger partial charge in [-0.3, -0.25) is 9.59 Å². The van der Waals surface area contributed by atoms with E-state index in [9.17, 15) is 18.8 Å². The van der Waals surface area contributed by atoms with Gasteiger partial charge < -0.3 is 10.1 Å². The van der Waals surface area contributed by atoms with Gasteiger partial charge in [0.2, 0.25) is 5.91 Å². The Morgan fingerprint density at radius 1 is 1.29 bits per heavy atom. The van der Waals surface area contributed by atoms with Crippen LogP contribution < -0.4 is 5.32 Å². The molecule has 1 aliphatic heterocycles. The Morgan fingerprint density at radius 3 is 2.57 bits per heavy atom. The Balaban J connectivity index is 2.15. The van der Waals surface area contributed by atoms with Gasteiger partial charge in [0, 0.05) is 24.1 Å². The monoisotopic (exact) mass is 291 g/mol. The zero-order valence-electron chi connectivity index (χ0n) is 11.5. The average molecular weight is 291 g/mol. The van der Waals surface area contributed by atoms with Crippen molar-refractivity contribution in [3.05, 3.63) is 29.1 Å². The molecule has 0 atom stereocenters. The number of hydrogen-bond donors (Lipinski definition) is 1. The summed E-state index contributed by atoms with van der Waals surface area (Å²) in [6, 6.07) is 2.81. The summed E-state index contributed by atoms with van der Waals surface area (Å²) in [5.41, 5.74) is -0.663. The van der Waals surface area contributed by atoms with E-state index in [0.29, 0.717) is 5.69 Å². The highest BCUT2D eigenvalue weighted by molar-refractivity contribution is 6.08. The van der Waals surface area contributed by atoms with Crippen LogP contribution in [0.25, 0.3) is 0 Å². The summed E-state index contributed by atoms with van der Waals surface area (Å²) in [5.74, 6) is -1.74. The Hall–Kier alpha value is -2.24. The average Bonchev–Trinajstić information content (AvgIpc) is 2.75. The van der Waals surface area contributed by atoms with Gasteiger partial charge in [-0.15, -0.1) is 0 Å². The molecule has 1 saturated carbocycles. The largest absolute Gasteiger partial charge is 0.465 e. The number of benzene rings is 1. The predicted octanol–water partition coefficient (Wildman–Crippen LogP) is 1.95. The van der Waals surface area contributed by atoms with Gasteiger partial charge in [0.25, 0.3) is 0 Å². The Labute approximate surface area is 120 Å². The molecule has 1 fully saturated rings. The van der Waals surface area contributed by atoms with Crippen molar-refractivity contribution in [2.75, 3.05) is 12.4 Å². The van der Waals surface area contributed by atoms with E-state index in [-0.39, 0.29) is 48.5 Å². The van der Waals surface area contributed by atoms with E-state index in [1.807, 2.05) is 0 Å². The van der Waals surface area contributed by atoms with E-state index < -0.39 is 17.2 Å². The highest BCUT2D eigenvalue weighted by Crippen LogP contribution is 2.48. The zero-order chi connectivity index (χ0) is 15.2. The first-order valence-electron chi connectivity index (χ1n) is 6.74. The maximum atomic E-state index is 14.7. The maximum absolute atomic E-state index is 14.7. The normalized spacial score (nSPS) is 19.3. The number of fused-ring (bicyclic) bond motifs is 2. The highest BCUT2D eigenvalue weighted by Gasteiger charge is 2.51. The van der Waals surface area contributed by atoms with E-state index in [2.05, 4.69) is 10.1 Å². The van der Waals surface area contributed by atoms with Crippen LogP contribution in [0.1, 0.15) is 41.6 Å². The molecule has 0 unspecified atom stereocenters. The molecule has 0 bridgehead atoms.